The number of nitrogens with zero attached hydrogens (tertiary/aromatic N) is 1. The second-order valence-electron chi connectivity index (χ2n) is 6.85. The third-order valence-corrected chi connectivity index (χ3v) is 6.94. The van der Waals surface area contributed by atoms with Gasteiger partial charge in [-0.2, -0.15) is 12.8 Å². The molecule has 3 aromatic carbocycles. The normalized spacial score (nSPS) is 14.6. The minimum Gasteiger partial charge on any atom is -0.325 e. The fourth-order valence-electron chi connectivity index (χ4n) is 3.12. The minimum absolute atomic E-state index is 0.00660. The Morgan fingerprint density at radius 3 is 2.12 bits per heavy atom. The zero-order chi connectivity index (χ0) is 22.6. The average molecular weight is 463 g/mol. The summed E-state index contributed by atoms with van der Waals surface area (Å²) < 4.78 is 29.6. The van der Waals surface area contributed by atoms with Crippen LogP contribution in [0.1, 0.15) is 15.9 Å². The van der Waals surface area contributed by atoms with Gasteiger partial charge in [-0.25, -0.2) is 0 Å². The predicted octanol–water partition coefficient (Wildman–Crippen LogP) is 4.32. The Balaban J connectivity index is 1.62. The van der Waals surface area contributed by atoms with Gasteiger partial charge >= 0.3 is 0 Å². The molecule has 32 heavy (non-hydrogen) atoms. The van der Waals surface area contributed by atoms with E-state index in [9.17, 15) is 18.0 Å². The summed E-state index contributed by atoms with van der Waals surface area (Å²) in [5.74, 6) is -0.550. The number of fused-ring (bicyclic) bond motifs is 1. The van der Waals surface area contributed by atoms with E-state index in [1.807, 2.05) is 18.2 Å². The fourth-order valence-corrected chi connectivity index (χ4v) is 4.94. The topological polar surface area (TPSA) is 92.7 Å². The summed E-state index contributed by atoms with van der Waals surface area (Å²) in [5.41, 5.74) is 1.61. The van der Waals surface area contributed by atoms with E-state index in [2.05, 4.69) is 9.71 Å². The smallest absolute Gasteiger partial charge is 0.282 e. The molecule has 0 saturated heterocycles. The van der Waals surface area contributed by atoms with E-state index in [0.717, 1.165) is 11.8 Å². The van der Waals surface area contributed by atoms with Crippen molar-refractivity contribution in [2.75, 3.05) is 11.1 Å². The maximum absolute atomic E-state index is 12.9. The number of hydrogen-bond acceptors (Lipinski definition) is 5. The molecule has 0 bridgehead atoms. The molecule has 0 unspecified atom stereocenters. The van der Waals surface area contributed by atoms with Crippen molar-refractivity contribution in [1.29, 1.82) is 0 Å². The van der Waals surface area contributed by atoms with Crippen LogP contribution in [0.2, 0.25) is 0 Å². The molecular weight excluding hydrogens is 444 g/mol. The van der Waals surface area contributed by atoms with Crippen LogP contribution in [0.3, 0.4) is 0 Å². The molecule has 1 aliphatic rings. The van der Waals surface area contributed by atoms with Gasteiger partial charge in [0.05, 0.1) is 21.3 Å². The number of carbonyl (C=O) groups is 2. The van der Waals surface area contributed by atoms with Gasteiger partial charge in [0.2, 0.25) is 5.91 Å². The average Bonchev–Trinajstić information content (AvgIpc) is 2.81. The van der Waals surface area contributed by atoms with Gasteiger partial charge in [-0.05, 0) is 30.3 Å². The number of benzene rings is 3. The summed E-state index contributed by atoms with van der Waals surface area (Å²) >= 11 is 1.05. The van der Waals surface area contributed by atoms with E-state index in [4.69, 9.17) is 0 Å². The second kappa shape index (κ2) is 9.33. The van der Waals surface area contributed by atoms with Gasteiger partial charge in [0.15, 0.2) is 5.78 Å². The van der Waals surface area contributed by atoms with Crippen LogP contribution in [0.25, 0.3) is 0 Å². The molecule has 0 spiro atoms. The highest BCUT2D eigenvalue weighted by Gasteiger charge is 2.26. The van der Waals surface area contributed by atoms with E-state index in [1.165, 1.54) is 18.2 Å². The number of anilines is 1. The van der Waals surface area contributed by atoms with E-state index in [-0.39, 0.29) is 33.0 Å². The lowest BCUT2D eigenvalue weighted by molar-refractivity contribution is -0.113. The van der Waals surface area contributed by atoms with Crippen LogP contribution in [0.15, 0.2) is 105 Å². The highest BCUT2D eigenvalue weighted by atomic mass is 32.2. The van der Waals surface area contributed by atoms with Crippen LogP contribution < -0.4 is 5.32 Å². The molecular formula is C24H18N2O4S2. The molecule has 0 radical (unpaired) electrons. The zero-order valence-corrected chi connectivity index (χ0v) is 18.4. The molecule has 0 saturated carbocycles. The van der Waals surface area contributed by atoms with Gasteiger partial charge in [0, 0.05) is 16.8 Å². The lowest BCUT2D eigenvalue weighted by Gasteiger charge is -2.17. The summed E-state index contributed by atoms with van der Waals surface area (Å²) in [5, 5.41) is 2.76. The van der Waals surface area contributed by atoms with E-state index in [0.29, 0.717) is 16.8 Å². The molecule has 1 N–H and O–H groups in total. The van der Waals surface area contributed by atoms with Crippen molar-refractivity contribution in [3.05, 3.63) is 107 Å². The third-order valence-electron chi connectivity index (χ3n) is 4.62. The molecule has 160 valence electrons. The first kappa shape index (κ1) is 21.7. The number of para-hydroxylation sites is 1. The maximum Gasteiger partial charge on any atom is 0.282 e. The Kier molecular flexibility index (Phi) is 6.34. The van der Waals surface area contributed by atoms with Crippen molar-refractivity contribution in [3.63, 3.8) is 0 Å². The van der Waals surface area contributed by atoms with Gasteiger partial charge < -0.3 is 5.32 Å². The van der Waals surface area contributed by atoms with Crippen molar-refractivity contribution >= 4 is 44.9 Å². The summed E-state index contributed by atoms with van der Waals surface area (Å²) in [7, 11) is -3.97. The van der Waals surface area contributed by atoms with Gasteiger partial charge in [0.1, 0.15) is 0 Å². The first-order valence-electron chi connectivity index (χ1n) is 9.67. The minimum atomic E-state index is -3.97. The van der Waals surface area contributed by atoms with Crippen molar-refractivity contribution < 1.29 is 18.0 Å². The number of Topliss-reactive ketones (excluding diaryl/α,β-unsaturated/α-hetero) is 1. The highest BCUT2D eigenvalue weighted by Crippen LogP contribution is 2.29. The number of carbonyl (C=O) groups excluding carboxylic acids is 2. The van der Waals surface area contributed by atoms with Crippen molar-refractivity contribution in [1.82, 2.24) is 0 Å². The summed E-state index contributed by atoms with van der Waals surface area (Å²) in [4.78, 5) is 25.6. The molecule has 8 heteroatoms. The van der Waals surface area contributed by atoms with Crippen LogP contribution in [0.4, 0.5) is 5.69 Å². The van der Waals surface area contributed by atoms with E-state index in [1.54, 1.807) is 54.6 Å². The molecule has 1 amide bonds. The van der Waals surface area contributed by atoms with Crippen molar-refractivity contribution in [2.45, 2.75) is 4.90 Å². The summed E-state index contributed by atoms with van der Waals surface area (Å²) in [6.45, 7) is 0. The summed E-state index contributed by atoms with van der Waals surface area (Å²) in [6, 6.07) is 23.6. The first-order chi connectivity index (χ1) is 15.4. The third kappa shape index (κ3) is 4.87. The Labute approximate surface area is 190 Å². The van der Waals surface area contributed by atoms with Gasteiger partial charge in [-0.15, -0.1) is 11.8 Å². The second-order valence-corrected chi connectivity index (χ2v) is 9.47. The SMILES string of the molecule is O=C(CSC1=C/C(=N/S(=O)(=O)c2ccccc2)c2ccccc2C1=O)Nc1ccccc1. The molecule has 0 aromatic heterocycles. The number of amides is 1. The monoisotopic (exact) mass is 462 g/mol. The first-order valence-corrected chi connectivity index (χ1v) is 12.1. The Hall–Kier alpha value is -3.49. The fraction of sp³-hybridized carbons (Fsp3) is 0.0417. The van der Waals surface area contributed by atoms with Crippen LogP contribution in [-0.4, -0.2) is 31.6 Å². The lowest BCUT2D eigenvalue weighted by atomic mass is 9.94. The lowest BCUT2D eigenvalue weighted by Crippen LogP contribution is -2.19. The molecule has 0 fully saturated rings. The molecule has 0 atom stereocenters. The Morgan fingerprint density at radius 1 is 0.844 bits per heavy atom. The Morgan fingerprint density at radius 2 is 1.44 bits per heavy atom. The quantitative estimate of drug-likeness (QED) is 0.589. The highest BCUT2D eigenvalue weighted by molar-refractivity contribution is 8.04. The number of hydrogen-bond donors (Lipinski definition) is 1. The number of ketones is 1. The molecule has 6 nitrogen and oxygen atoms in total. The standard InChI is InChI=1S/C24H18N2O4S2/c27-23(25-17-9-3-1-4-10-17)16-31-22-15-21(19-13-7-8-14-20(19)24(22)28)26-32(29,30)18-11-5-2-6-12-18/h1-15H,16H2,(H,25,27)/b26-21-. The number of rotatable bonds is 6. The maximum atomic E-state index is 12.9. The molecule has 3 aromatic rings. The van der Waals surface area contributed by atoms with Gasteiger partial charge in [0.25, 0.3) is 10.0 Å². The molecule has 4 rings (SSSR count). The largest absolute Gasteiger partial charge is 0.325 e. The molecule has 1 aliphatic carbocycles. The molecule has 0 heterocycles. The van der Waals surface area contributed by atoms with Gasteiger partial charge in [-0.3, -0.25) is 9.59 Å². The van der Waals surface area contributed by atoms with Crippen LogP contribution in [0, 0.1) is 0 Å². The van der Waals surface area contributed by atoms with E-state index >= 15 is 0 Å². The van der Waals surface area contributed by atoms with Crippen molar-refractivity contribution in [3.8, 4) is 0 Å². The zero-order valence-electron chi connectivity index (χ0n) is 16.8. The van der Waals surface area contributed by atoms with Crippen molar-refractivity contribution in [2.24, 2.45) is 4.40 Å². The number of allylic oxidation sites excluding steroid dienone is 2. The van der Waals surface area contributed by atoms with E-state index < -0.39 is 10.0 Å². The van der Waals surface area contributed by atoms with Crippen LogP contribution in [0.5, 0.6) is 0 Å². The van der Waals surface area contributed by atoms with Crippen LogP contribution in [-0.2, 0) is 14.8 Å². The van der Waals surface area contributed by atoms with Crippen LogP contribution >= 0.6 is 11.8 Å². The predicted molar refractivity (Wildman–Crippen MR) is 127 cm³/mol. The number of sulfonamides is 1. The summed E-state index contributed by atoms with van der Waals surface area (Å²) in [6.07, 6.45) is 1.44. The number of thioether (sulfide) groups is 1. The molecule has 0 aliphatic heterocycles. The Bertz CT molecular complexity index is 1330. The van der Waals surface area contributed by atoms with Gasteiger partial charge in [-0.1, -0.05) is 60.7 Å². The number of nitrogens with one attached hydrogen (secondary N) is 1.